The molecule has 7 heteroatoms. The number of nitrogens with zero attached hydrogens (tertiary/aromatic N) is 3. The summed E-state index contributed by atoms with van der Waals surface area (Å²) in [7, 11) is 1.68. The zero-order chi connectivity index (χ0) is 22.8. The molecule has 0 radical (unpaired) electrons. The van der Waals surface area contributed by atoms with Crippen LogP contribution in [0.2, 0.25) is 0 Å². The standard InChI is InChI=1S/C26H32N4O3/c1-33-21-11-9-20(10-12-21)29-16-6-15-28(17-18-29)19-24(31)30-23-8-3-2-7-22(23)27-25(32)26(30)13-4-5-14-26/h2-3,7-12H,4-6,13-19H2,1H3,(H,27,32). The van der Waals surface area contributed by atoms with Gasteiger partial charge in [-0.1, -0.05) is 25.0 Å². The lowest BCUT2D eigenvalue weighted by Gasteiger charge is -2.45. The Kier molecular flexibility index (Phi) is 5.98. The number of methoxy groups -OCH3 is 1. The number of ether oxygens (including phenoxy) is 1. The van der Waals surface area contributed by atoms with Crippen LogP contribution in [0.3, 0.4) is 0 Å². The Morgan fingerprint density at radius 1 is 0.970 bits per heavy atom. The summed E-state index contributed by atoms with van der Waals surface area (Å²) in [5.41, 5.74) is 2.00. The molecule has 1 spiro atoms. The first-order valence-electron chi connectivity index (χ1n) is 12.0. The van der Waals surface area contributed by atoms with E-state index in [0.717, 1.165) is 75.4 Å². The minimum absolute atomic E-state index is 0.0251. The fourth-order valence-corrected chi connectivity index (χ4v) is 5.57. The molecular formula is C26H32N4O3. The van der Waals surface area contributed by atoms with E-state index >= 15 is 0 Å². The lowest BCUT2D eigenvalue weighted by molar-refractivity contribution is -0.128. The number of hydrogen-bond donors (Lipinski definition) is 1. The summed E-state index contributed by atoms with van der Waals surface area (Å²) in [6.07, 6.45) is 4.38. The quantitative estimate of drug-likeness (QED) is 0.776. The van der Waals surface area contributed by atoms with Crippen molar-refractivity contribution in [1.82, 2.24) is 4.90 Å². The Labute approximate surface area is 195 Å². The van der Waals surface area contributed by atoms with Gasteiger partial charge in [-0.25, -0.2) is 0 Å². The van der Waals surface area contributed by atoms with Crippen molar-refractivity contribution < 1.29 is 14.3 Å². The number of para-hydroxylation sites is 2. The maximum Gasteiger partial charge on any atom is 0.250 e. The first-order chi connectivity index (χ1) is 16.1. The summed E-state index contributed by atoms with van der Waals surface area (Å²) in [6.45, 7) is 3.83. The number of hydrogen-bond acceptors (Lipinski definition) is 5. The van der Waals surface area contributed by atoms with Crippen molar-refractivity contribution in [3.05, 3.63) is 48.5 Å². The molecule has 2 heterocycles. The van der Waals surface area contributed by atoms with Crippen molar-refractivity contribution in [3.8, 4) is 5.75 Å². The fourth-order valence-electron chi connectivity index (χ4n) is 5.57. The van der Waals surface area contributed by atoms with Gasteiger partial charge in [0.25, 0.3) is 5.91 Å². The molecule has 0 aromatic heterocycles. The molecule has 1 N–H and O–H groups in total. The summed E-state index contributed by atoms with van der Waals surface area (Å²) in [5.74, 6) is 0.846. The molecule has 33 heavy (non-hydrogen) atoms. The zero-order valence-corrected chi connectivity index (χ0v) is 19.3. The van der Waals surface area contributed by atoms with E-state index in [1.54, 1.807) is 7.11 Å². The number of nitrogens with one attached hydrogen (secondary N) is 1. The molecule has 2 fully saturated rings. The Hall–Kier alpha value is -3.06. The fraction of sp³-hybridized carbons (Fsp3) is 0.462. The highest BCUT2D eigenvalue weighted by molar-refractivity contribution is 6.15. The van der Waals surface area contributed by atoms with Gasteiger partial charge in [0.2, 0.25) is 5.91 Å². The first kappa shape index (κ1) is 21.8. The lowest BCUT2D eigenvalue weighted by Crippen LogP contribution is -2.62. The van der Waals surface area contributed by atoms with Crippen LogP contribution in [0.15, 0.2) is 48.5 Å². The smallest absolute Gasteiger partial charge is 0.250 e. The van der Waals surface area contributed by atoms with Crippen molar-refractivity contribution in [2.24, 2.45) is 0 Å². The molecule has 0 unspecified atom stereocenters. The van der Waals surface area contributed by atoms with Crippen molar-refractivity contribution in [3.63, 3.8) is 0 Å². The summed E-state index contributed by atoms with van der Waals surface area (Å²) in [6, 6.07) is 15.8. The largest absolute Gasteiger partial charge is 0.497 e. The minimum atomic E-state index is -0.744. The van der Waals surface area contributed by atoms with Crippen LogP contribution in [0.4, 0.5) is 17.1 Å². The van der Waals surface area contributed by atoms with Crippen molar-refractivity contribution in [1.29, 1.82) is 0 Å². The van der Waals surface area contributed by atoms with Gasteiger partial charge in [0, 0.05) is 31.9 Å². The topological polar surface area (TPSA) is 65.1 Å². The van der Waals surface area contributed by atoms with Gasteiger partial charge in [-0.2, -0.15) is 0 Å². The number of carbonyl (C=O) groups excluding carboxylic acids is 2. The van der Waals surface area contributed by atoms with Crippen LogP contribution in [-0.2, 0) is 9.59 Å². The van der Waals surface area contributed by atoms with Crippen LogP contribution in [0.5, 0.6) is 5.75 Å². The highest BCUT2D eigenvalue weighted by atomic mass is 16.5. The maximum atomic E-state index is 13.7. The van der Waals surface area contributed by atoms with Gasteiger partial charge in [0.15, 0.2) is 0 Å². The predicted molar refractivity (Wildman–Crippen MR) is 130 cm³/mol. The van der Waals surface area contributed by atoms with Gasteiger partial charge in [0.1, 0.15) is 11.3 Å². The Morgan fingerprint density at radius 2 is 1.73 bits per heavy atom. The monoisotopic (exact) mass is 448 g/mol. The normalized spacial score (nSPS) is 20.3. The van der Waals surface area contributed by atoms with Crippen LogP contribution in [0.1, 0.15) is 32.1 Å². The van der Waals surface area contributed by atoms with E-state index < -0.39 is 5.54 Å². The van der Waals surface area contributed by atoms with Crippen molar-refractivity contribution in [2.75, 3.05) is 55.0 Å². The van der Waals surface area contributed by atoms with Gasteiger partial charge < -0.3 is 15.0 Å². The summed E-state index contributed by atoms with van der Waals surface area (Å²) in [4.78, 5) is 33.3. The molecule has 5 rings (SSSR count). The van der Waals surface area contributed by atoms with Crippen LogP contribution < -0.4 is 19.9 Å². The number of anilines is 3. The van der Waals surface area contributed by atoms with Crippen molar-refractivity contribution in [2.45, 2.75) is 37.6 Å². The molecular weight excluding hydrogens is 416 g/mol. The zero-order valence-electron chi connectivity index (χ0n) is 19.3. The molecule has 2 amide bonds. The number of rotatable bonds is 4. The molecule has 0 bridgehead atoms. The van der Waals surface area contributed by atoms with Crippen LogP contribution >= 0.6 is 0 Å². The molecule has 2 aromatic rings. The lowest BCUT2D eigenvalue weighted by atomic mass is 9.89. The maximum absolute atomic E-state index is 13.7. The molecule has 2 aromatic carbocycles. The van der Waals surface area contributed by atoms with Crippen LogP contribution in [-0.4, -0.2) is 62.1 Å². The summed E-state index contributed by atoms with van der Waals surface area (Å²) >= 11 is 0. The molecule has 1 saturated heterocycles. The van der Waals surface area contributed by atoms with Gasteiger partial charge in [-0.15, -0.1) is 0 Å². The number of amides is 2. The summed E-state index contributed by atoms with van der Waals surface area (Å²) in [5, 5.41) is 3.06. The number of benzene rings is 2. The average molecular weight is 449 g/mol. The van der Waals surface area contributed by atoms with Gasteiger partial charge in [-0.3, -0.25) is 19.4 Å². The van der Waals surface area contributed by atoms with Gasteiger partial charge in [-0.05, 0) is 55.7 Å². The minimum Gasteiger partial charge on any atom is -0.497 e. The van der Waals surface area contributed by atoms with E-state index in [4.69, 9.17) is 4.74 Å². The van der Waals surface area contributed by atoms with Gasteiger partial charge in [0.05, 0.1) is 25.0 Å². The van der Waals surface area contributed by atoms with Crippen LogP contribution in [0, 0.1) is 0 Å². The third-order valence-electron chi connectivity index (χ3n) is 7.31. The van der Waals surface area contributed by atoms with E-state index in [1.807, 2.05) is 41.3 Å². The molecule has 7 nitrogen and oxygen atoms in total. The number of carbonyl (C=O) groups is 2. The third kappa shape index (κ3) is 4.06. The third-order valence-corrected chi connectivity index (χ3v) is 7.31. The van der Waals surface area contributed by atoms with Crippen molar-refractivity contribution >= 4 is 28.9 Å². The molecule has 174 valence electrons. The second-order valence-corrected chi connectivity index (χ2v) is 9.25. The Morgan fingerprint density at radius 3 is 2.48 bits per heavy atom. The first-order valence-corrected chi connectivity index (χ1v) is 12.0. The molecule has 3 aliphatic rings. The highest BCUT2D eigenvalue weighted by Gasteiger charge is 2.52. The number of fused-ring (bicyclic) bond motifs is 1. The van der Waals surface area contributed by atoms with E-state index in [-0.39, 0.29) is 11.8 Å². The summed E-state index contributed by atoms with van der Waals surface area (Å²) < 4.78 is 5.27. The second kappa shape index (κ2) is 9.06. The Balaban J connectivity index is 1.31. The molecule has 1 aliphatic carbocycles. The SMILES string of the molecule is COc1ccc(N2CCCN(CC(=O)N3c4ccccc4NC(=O)C34CCCC4)CC2)cc1. The molecule has 1 saturated carbocycles. The highest BCUT2D eigenvalue weighted by Crippen LogP contribution is 2.45. The van der Waals surface area contributed by atoms with Gasteiger partial charge >= 0.3 is 0 Å². The van der Waals surface area contributed by atoms with Crippen LogP contribution in [0.25, 0.3) is 0 Å². The average Bonchev–Trinajstić information content (AvgIpc) is 3.20. The van der Waals surface area contributed by atoms with E-state index in [1.165, 1.54) is 5.69 Å². The molecule has 0 atom stereocenters. The van der Waals surface area contributed by atoms with E-state index in [9.17, 15) is 9.59 Å². The predicted octanol–water partition coefficient (Wildman–Crippen LogP) is 3.51. The van der Waals surface area contributed by atoms with E-state index in [2.05, 4.69) is 27.2 Å². The molecule has 2 aliphatic heterocycles. The van der Waals surface area contributed by atoms with E-state index in [0.29, 0.717) is 6.54 Å². The second-order valence-electron chi connectivity index (χ2n) is 9.25. The Bertz CT molecular complexity index is 1020.